The van der Waals surface area contributed by atoms with E-state index in [0.29, 0.717) is 6.42 Å². The van der Waals surface area contributed by atoms with Crippen LogP contribution in [0.15, 0.2) is 109 Å². The molecule has 1 rings (SSSR count). The predicted octanol–water partition coefficient (Wildman–Crippen LogP) is 11.1. The van der Waals surface area contributed by atoms with Crippen LogP contribution in [0, 0.1) is 0 Å². The number of rotatable bonds is 39. The molecule has 0 radical (unpaired) electrons. The molecule has 9 heteroatoms. The normalized spacial score (nSPS) is 21.2. The molecule has 0 saturated carbocycles. The van der Waals surface area contributed by atoms with Gasteiger partial charge < -0.3 is 40.3 Å². The molecule has 1 fully saturated rings. The van der Waals surface area contributed by atoms with Crippen LogP contribution in [0.1, 0.15) is 168 Å². The van der Waals surface area contributed by atoms with Crippen LogP contribution in [0.5, 0.6) is 0 Å². The standard InChI is InChI=1S/C54H89NO8/c1-3-5-7-9-11-13-14-15-16-17-18-19-20-21-22-23-24-25-26-27-28-29-30-31-32-33-34-36-38-40-42-44-50(58)55-47(48(57)43-41-39-37-35-12-10-8-6-4-2)46-62-54-53(61)52(60)51(59)49(45-56)63-54/h5,7,11,13,15-16,18-19,21-22,24-25,27-28,30-31,41,43,47-49,51-54,56-57,59-61H,3-4,6,8-10,12,14,17,20,23,26,29,32-40,42,44-46H2,1-2H3,(H,55,58)/b7-5-,13-11-,16-15-,19-18-,22-21-,25-24-,28-27-,31-30-,43-41+. The van der Waals surface area contributed by atoms with Gasteiger partial charge in [-0.05, 0) is 83.5 Å². The first-order chi connectivity index (χ1) is 30.8. The van der Waals surface area contributed by atoms with Gasteiger partial charge in [-0.1, -0.05) is 187 Å². The molecule has 63 heavy (non-hydrogen) atoms. The maximum atomic E-state index is 12.9. The Balaban J connectivity index is 2.23. The van der Waals surface area contributed by atoms with Crippen molar-refractivity contribution in [2.75, 3.05) is 13.2 Å². The van der Waals surface area contributed by atoms with Gasteiger partial charge in [0.1, 0.15) is 24.4 Å². The van der Waals surface area contributed by atoms with Gasteiger partial charge in [0, 0.05) is 6.42 Å². The highest BCUT2D eigenvalue weighted by Gasteiger charge is 2.44. The van der Waals surface area contributed by atoms with Gasteiger partial charge >= 0.3 is 0 Å². The van der Waals surface area contributed by atoms with Crippen molar-refractivity contribution in [3.05, 3.63) is 109 Å². The van der Waals surface area contributed by atoms with Gasteiger partial charge in [-0.15, -0.1) is 0 Å². The molecule has 1 aliphatic rings. The number of carbonyl (C=O) groups is 1. The SMILES string of the molecule is CC/C=C\C/C=C\C/C=C\C/C=C\C/C=C\C/C=C\C/C=C\C/C=C\CCCCCCCCC(=O)NC(COC1OC(CO)C(O)C(O)C1O)C(O)/C=C/CCCCCCCCC. The Morgan fingerprint density at radius 1 is 0.556 bits per heavy atom. The van der Waals surface area contributed by atoms with Crippen molar-refractivity contribution < 1.29 is 39.8 Å². The number of unbranched alkanes of at least 4 members (excludes halogenated alkanes) is 13. The maximum absolute atomic E-state index is 12.9. The van der Waals surface area contributed by atoms with E-state index < -0.39 is 49.5 Å². The van der Waals surface area contributed by atoms with Gasteiger partial charge in [0.05, 0.1) is 25.4 Å². The highest BCUT2D eigenvalue weighted by molar-refractivity contribution is 5.76. The van der Waals surface area contributed by atoms with Gasteiger partial charge in [0.15, 0.2) is 6.29 Å². The van der Waals surface area contributed by atoms with E-state index in [9.17, 15) is 30.3 Å². The van der Waals surface area contributed by atoms with Crippen LogP contribution < -0.4 is 5.32 Å². The van der Waals surface area contributed by atoms with Crippen molar-refractivity contribution in [2.24, 2.45) is 0 Å². The van der Waals surface area contributed by atoms with Crippen LogP contribution in [-0.4, -0.2) is 87.5 Å². The molecule has 0 bridgehead atoms. The summed E-state index contributed by atoms with van der Waals surface area (Å²) in [5, 5.41) is 54.1. The molecule has 0 aromatic heterocycles. The van der Waals surface area contributed by atoms with E-state index in [4.69, 9.17) is 9.47 Å². The topological polar surface area (TPSA) is 149 Å². The Kier molecular flexibility index (Phi) is 39.3. The number of nitrogens with one attached hydrogen (secondary N) is 1. The summed E-state index contributed by atoms with van der Waals surface area (Å²) in [6.07, 6.45) is 55.8. The van der Waals surface area contributed by atoms with Crippen LogP contribution in [0.4, 0.5) is 0 Å². The molecule has 1 aliphatic heterocycles. The van der Waals surface area contributed by atoms with E-state index in [1.165, 1.54) is 32.1 Å². The summed E-state index contributed by atoms with van der Waals surface area (Å²) in [5.41, 5.74) is 0. The molecule has 6 N–H and O–H groups in total. The molecule has 0 aliphatic carbocycles. The molecule has 0 aromatic rings. The number of amides is 1. The first kappa shape index (κ1) is 57.9. The summed E-state index contributed by atoms with van der Waals surface area (Å²) in [6.45, 7) is 3.59. The Labute approximate surface area is 383 Å². The average Bonchev–Trinajstić information content (AvgIpc) is 3.28. The second-order valence-corrected chi connectivity index (χ2v) is 16.5. The lowest BCUT2D eigenvalue weighted by Crippen LogP contribution is -2.60. The molecule has 7 atom stereocenters. The Morgan fingerprint density at radius 2 is 0.984 bits per heavy atom. The first-order valence-electron chi connectivity index (χ1n) is 24.6. The fourth-order valence-electron chi connectivity index (χ4n) is 6.93. The summed E-state index contributed by atoms with van der Waals surface area (Å²) in [7, 11) is 0. The van der Waals surface area contributed by atoms with Crippen molar-refractivity contribution in [3.63, 3.8) is 0 Å². The number of hydrogen-bond acceptors (Lipinski definition) is 8. The third kappa shape index (κ3) is 33.1. The molecule has 9 nitrogen and oxygen atoms in total. The van der Waals surface area contributed by atoms with Crippen LogP contribution in [0.3, 0.4) is 0 Å². The van der Waals surface area contributed by atoms with Crippen LogP contribution >= 0.6 is 0 Å². The highest BCUT2D eigenvalue weighted by Crippen LogP contribution is 2.22. The smallest absolute Gasteiger partial charge is 0.220 e. The van der Waals surface area contributed by atoms with E-state index in [-0.39, 0.29) is 12.5 Å². The third-order valence-electron chi connectivity index (χ3n) is 10.9. The van der Waals surface area contributed by atoms with Crippen LogP contribution in [0.25, 0.3) is 0 Å². The lowest BCUT2D eigenvalue weighted by atomic mass is 9.99. The molecular weight excluding hydrogens is 791 g/mol. The molecule has 358 valence electrons. The summed E-state index contributed by atoms with van der Waals surface area (Å²) in [4.78, 5) is 12.9. The molecule has 7 unspecified atom stereocenters. The van der Waals surface area contributed by atoms with Crippen molar-refractivity contribution in [1.82, 2.24) is 5.32 Å². The monoisotopic (exact) mass is 880 g/mol. The number of hydrogen-bond donors (Lipinski definition) is 6. The molecule has 1 amide bonds. The van der Waals surface area contributed by atoms with Crippen molar-refractivity contribution in [1.29, 1.82) is 0 Å². The van der Waals surface area contributed by atoms with E-state index >= 15 is 0 Å². The second-order valence-electron chi connectivity index (χ2n) is 16.5. The zero-order valence-corrected chi connectivity index (χ0v) is 39.3. The lowest BCUT2D eigenvalue weighted by Gasteiger charge is -2.40. The fraction of sp³-hybridized carbons (Fsp3) is 0.648. The molecular formula is C54H89NO8. The van der Waals surface area contributed by atoms with Crippen molar-refractivity contribution in [3.8, 4) is 0 Å². The molecule has 0 aromatic carbocycles. The lowest BCUT2D eigenvalue weighted by molar-refractivity contribution is -0.302. The van der Waals surface area contributed by atoms with Gasteiger partial charge in [0.25, 0.3) is 0 Å². The minimum atomic E-state index is -1.57. The quantitative estimate of drug-likeness (QED) is 0.0264. The van der Waals surface area contributed by atoms with E-state index in [1.807, 2.05) is 6.08 Å². The maximum Gasteiger partial charge on any atom is 0.220 e. The molecule has 0 spiro atoms. The molecule has 1 saturated heterocycles. The summed E-state index contributed by atoms with van der Waals surface area (Å²) >= 11 is 0. The zero-order chi connectivity index (χ0) is 45.9. The number of aliphatic hydroxyl groups excluding tert-OH is 5. The Bertz CT molecular complexity index is 1340. The van der Waals surface area contributed by atoms with Crippen molar-refractivity contribution in [2.45, 2.75) is 211 Å². The van der Waals surface area contributed by atoms with Crippen LogP contribution in [-0.2, 0) is 14.3 Å². The average molecular weight is 880 g/mol. The summed E-state index contributed by atoms with van der Waals surface area (Å²) in [6, 6.07) is -0.818. The zero-order valence-electron chi connectivity index (χ0n) is 39.3. The van der Waals surface area contributed by atoms with Gasteiger partial charge in [-0.3, -0.25) is 4.79 Å². The number of ether oxygens (including phenoxy) is 2. The van der Waals surface area contributed by atoms with Crippen molar-refractivity contribution >= 4 is 5.91 Å². The second kappa shape index (κ2) is 42.8. The predicted molar refractivity (Wildman–Crippen MR) is 262 cm³/mol. The Hall–Kier alpha value is -3.15. The first-order valence-corrected chi connectivity index (χ1v) is 24.6. The summed E-state index contributed by atoms with van der Waals surface area (Å²) in [5.74, 6) is -0.200. The molecule has 1 heterocycles. The minimum absolute atomic E-state index is 0.200. The van der Waals surface area contributed by atoms with Gasteiger partial charge in [0.2, 0.25) is 5.91 Å². The number of allylic oxidation sites excluding steroid dienone is 17. The fourth-order valence-corrected chi connectivity index (χ4v) is 6.93. The third-order valence-corrected chi connectivity index (χ3v) is 10.9. The van der Waals surface area contributed by atoms with E-state index in [2.05, 4.69) is 116 Å². The Morgan fingerprint density at radius 3 is 1.46 bits per heavy atom. The number of carbonyl (C=O) groups excluding carboxylic acids is 1. The highest BCUT2D eigenvalue weighted by atomic mass is 16.7. The minimum Gasteiger partial charge on any atom is -0.394 e. The van der Waals surface area contributed by atoms with Gasteiger partial charge in [-0.25, -0.2) is 0 Å². The summed E-state index contributed by atoms with van der Waals surface area (Å²) < 4.78 is 11.2. The number of aliphatic hydroxyl groups is 5. The van der Waals surface area contributed by atoms with E-state index in [1.54, 1.807) is 6.08 Å². The largest absolute Gasteiger partial charge is 0.394 e. The van der Waals surface area contributed by atoms with Crippen LogP contribution in [0.2, 0.25) is 0 Å². The van der Waals surface area contributed by atoms with Gasteiger partial charge in [-0.2, -0.15) is 0 Å². The van der Waals surface area contributed by atoms with E-state index in [0.717, 1.165) is 116 Å².